The zero-order valence-electron chi connectivity index (χ0n) is 14.3. The van der Waals surface area contributed by atoms with Crippen LogP contribution in [0.5, 0.6) is 5.75 Å². The van der Waals surface area contributed by atoms with Gasteiger partial charge in [-0.2, -0.15) is 0 Å². The molecule has 3 atom stereocenters. The molecule has 0 aliphatic rings. The van der Waals surface area contributed by atoms with Crippen LogP contribution in [0.1, 0.15) is 24.2 Å². The van der Waals surface area contributed by atoms with E-state index in [2.05, 4.69) is 10.6 Å². The lowest BCUT2D eigenvalue weighted by atomic mass is 10.0. The third-order valence-corrected chi connectivity index (χ3v) is 3.91. The highest BCUT2D eigenvalue weighted by molar-refractivity contribution is 5.71. The lowest BCUT2D eigenvalue weighted by Gasteiger charge is -2.24. The Hall–Kier alpha value is -2.41. The molecule has 0 heterocycles. The number of carbonyl (C=O) groups is 1. The summed E-state index contributed by atoms with van der Waals surface area (Å²) in [5.74, 6) is 0.795. The number of aliphatic hydroxyl groups is 2. The van der Waals surface area contributed by atoms with Gasteiger partial charge in [0.25, 0.3) is 0 Å². The number of hydrogen-bond donors (Lipinski definition) is 4. The Kier molecular flexibility index (Phi) is 6.94. The normalized spacial score (nSPS) is 14.4. The summed E-state index contributed by atoms with van der Waals surface area (Å²) in [5, 5.41) is 26.1. The maximum absolute atomic E-state index is 10.5. The molecule has 0 bridgehead atoms. The van der Waals surface area contributed by atoms with Gasteiger partial charge in [0.2, 0.25) is 6.41 Å². The molecule has 0 aliphatic heterocycles. The first-order valence-corrected chi connectivity index (χ1v) is 8.08. The molecule has 0 unspecified atom stereocenters. The minimum absolute atomic E-state index is 0.0469. The van der Waals surface area contributed by atoms with Crippen molar-refractivity contribution in [2.24, 2.45) is 0 Å². The van der Waals surface area contributed by atoms with Gasteiger partial charge >= 0.3 is 0 Å². The highest BCUT2D eigenvalue weighted by Gasteiger charge is 2.20. The molecule has 6 heteroatoms. The molecule has 0 aromatic heterocycles. The largest absolute Gasteiger partial charge is 0.497 e. The fourth-order valence-electron chi connectivity index (χ4n) is 2.62. The van der Waals surface area contributed by atoms with Gasteiger partial charge in [0.05, 0.1) is 7.11 Å². The van der Waals surface area contributed by atoms with Crippen molar-refractivity contribution in [2.75, 3.05) is 12.4 Å². The monoisotopic (exact) mass is 344 g/mol. The number of amides is 1. The molecule has 0 saturated heterocycles. The predicted octanol–water partition coefficient (Wildman–Crippen LogP) is 1.84. The SMILES string of the molecule is COc1ccc(C[C@@H](C)N[C@@H](O)[C@H](O)c2cccc(NC=O)c2)cc1. The van der Waals surface area contributed by atoms with Crippen molar-refractivity contribution in [3.8, 4) is 5.75 Å². The van der Waals surface area contributed by atoms with E-state index in [1.165, 1.54) is 0 Å². The van der Waals surface area contributed by atoms with E-state index in [1.807, 2.05) is 31.2 Å². The van der Waals surface area contributed by atoms with Crippen LogP contribution < -0.4 is 15.4 Å². The first-order valence-electron chi connectivity index (χ1n) is 8.08. The second-order valence-corrected chi connectivity index (χ2v) is 5.90. The number of hydrogen-bond acceptors (Lipinski definition) is 5. The van der Waals surface area contributed by atoms with Gasteiger partial charge < -0.3 is 20.3 Å². The van der Waals surface area contributed by atoms with Gasteiger partial charge in [-0.3, -0.25) is 10.1 Å². The number of aliphatic hydroxyl groups excluding tert-OH is 2. The molecule has 134 valence electrons. The van der Waals surface area contributed by atoms with Crippen LogP contribution in [0, 0.1) is 0 Å². The first-order chi connectivity index (χ1) is 12.0. The number of nitrogens with one attached hydrogen (secondary N) is 2. The van der Waals surface area contributed by atoms with Crippen LogP contribution in [0.2, 0.25) is 0 Å². The molecular formula is C19H24N2O4. The Bertz CT molecular complexity index is 675. The number of carbonyl (C=O) groups excluding carboxylic acids is 1. The molecule has 2 aromatic carbocycles. The van der Waals surface area contributed by atoms with Gasteiger partial charge in [0.1, 0.15) is 18.1 Å². The minimum atomic E-state index is -1.13. The van der Waals surface area contributed by atoms with Crippen LogP contribution in [-0.2, 0) is 11.2 Å². The number of rotatable bonds is 9. The molecule has 0 radical (unpaired) electrons. The van der Waals surface area contributed by atoms with Crippen LogP contribution >= 0.6 is 0 Å². The molecule has 2 aromatic rings. The van der Waals surface area contributed by atoms with Crippen molar-refractivity contribution in [1.29, 1.82) is 0 Å². The summed E-state index contributed by atoms with van der Waals surface area (Å²) in [6.45, 7) is 1.94. The summed E-state index contributed by atoms with van der Waals surface area (Å²) in [5.41, 5.74) is 2.17. The van der Waals surface area contributed by atoms with Crippen molar-refractivity contribution in [2.45, 2.75) is 31.7 Å². The maximum Gasteiger partial charge on any atom is 0.211 e. The lowest BCUT2D eigenvalue weighted by molar-refractivity contribution is -0.105. The van der Waals surface area contributed by atoms with E-state index in [0.717, 1.165) is 11.3 Å². The number of methoxy groups -OCH3 is 1. The van der Waals surface area contributed by atoms with Crippen molar-refractivity contribution in [3.05, 3.63) is 59.7 Å². The second kappa shape index (κ2) is 9.17. The van der Waals surface area contributed by atoms with Crippen molar-refractivity contribution < 1.29 is 19.7 Å². The van der Waals surface area contributed by atoms with E-state index in [0.29, 0.717) is 24.1 Å². The molecule has 0 fully saturated rings. The summed E-state index contributed by atoms with van der Waals surface area (Å²) >= 11 is 0. The van der Waals surface area contributed by atoms with Crippen LogP contribution in [0.25, 0.3) is 0 Å². The van der Waals surface area contributed by atoms with Crippen molar-refractivity contribution >= 4 is 12.1 Å². The Morgan fingerprint density at radius 1 is 1.16 bits per heavy atom. The average molecular weight is 344 g/mol. The molecule has 4 N–H and O–H groups in total. The average Bonchev–Trinajstić information content (AvgIpc) is 2.62. The van der Waals surface area contributed by atoms with E-state index >= 15 is 0 Å². The van der Waals surface area contributed by atoms with E-state index in [-0.39, 0.29) is 6.04 Å². The van der Waals surface area contributed by atoms with Gasteiger partial charge in [-0.1, -0.05) is 24.3 Å². The quantitative estimate of drug-likeness (QED) is 0.412. The molecular weight excluding hydrogens is 320 g/mol. The van der Waals surface area contributed by atoms with E-state index in [1.54, 1.807) is 31.4 Å². The lowest BCUT2D eigenvalue weighted by Crippen LogP contribution is -2.41. The highest BCUT2D eigenvalue weighted by Crippen LogP contribution is 2.20. The van der Waals surface area contributed by atoms with Gasteiger partial charge in [0, 0.05) is 11.7 Å². The Morgan fingerprint density at radius 3 is 2.52 bits per heavy atom. The van der Waals surface area contributed by atoms with Crippen LogP contribution in [-0.4, -0.2) is 36.0 Å². The third kappa shape index (κ3) is 5.56. The molecule has 6 nitrogen and oxygen atoms in total. The summed E-state index contributed by atoms with van der Waals surface area (Å²) in [6, 6.07) is 14.4. The van der Waals surface area contributed by atoms with Gasteiger partial charge in [0.15, 0.2) is 0 Å². The molecule has 25 heavy (non-hydrogen) atoms. The van der Waals surface area contributed by atoms with Gasteiger partial charge in [-0.05, 0) is 48.7 Å². The zero-order chi connectivity index (χ0) is 18.2. The topological polar surface area (TPSA) is 90.8 Å². The zero-order valence-corrected chi connectivity index (χ0v) is 14.3. The molecule has 0 saturated carbocycles. The molecule has 1 amide bonds. The fourth-order valence-corrected chi connectivity index (χ4v) is 2.62. The van der Waals surface area contributed by atoms with E-state index in [4.69, 9.17) is 4.74 Å². The number of ether oxygens (including phenoxy) is 1. The van der Waals surface area contributed by atoms with Crippen molar-refractivity contribution in [1.82, 2.24) is 5.32 Å². The Labute approximate surface area is 147 Å². The minimum Gasteiger partial charge on any atom is -0.497 e. The van der Waals surface area contributed by atoms with Crippen LogP contribution in [0.3, 0.4) is 0 Å². The smallest absolute Gasteiger partial charge is 0.211 e. The summed E-state index contributed by atoms with van der Waals surface area (Å²) in [4.78, 5) is 10.5. The Morgan fingerprint density at radius 2 is 1.88 bits per heavy atom. The van der Waals surface area contributed by atoms with E-state index < -0.39 is 12.3 Å². The standard InChI is InChI=1S/C19H24N2O4/c1-13(10-14-6-8-17(25-2)9-7-14)21-19(24)18(23)15-4-3-5-16(11-15)20-12-22/h3-9,11-13,18-19,21,23-24H,10H2,1-2H3,(H,20,22)/t13-,18-,19+/m1/s1. The summed E-state index contributed by atoms with van der Waals surface area (Å²) in [6.07, 6.45) is -0.969. The van der Waals surface area contributed by atoms with E-state index in [9.17, 15) is 15.0 Å². The highest BCUT2D eigenvalue weighted by atomic mass is 16.5. The fraction of sp³-hybridized carbons (Fsp3) is 0.316. The molecule has 2 rings (SSSR count). The summed E-state index contributed by atoms with van der Waals surface area (Å²) < 4.78 is 5.13. The number of benzene rings is 2. The maximum atomic E-state index is 10.5. The van der Waals surface area contributed by atoms with Gasteiger partial charge in [-0.25, -0.2) is 0 Å². The van der Waals surface area contributed by atoms with Crippen LogP contribution in [0.4, 0.5) is 5.69 Å². The second-order valence-electron chi connectivity index (χ2n) is 5.90. The van der Waals surface area contributed by atoms with Crippen LogP contribution in [0.15, 0.2) is 48.5 Å². The summed E-state index contributed by atoms with van der Waals surface area (Å²) in [7, 11) is 1.62. The van der Waals surface area contributed by atoms with Crippen molar-refractivity contribution in [3.63, 3.8) is 0 Å². The van der Waals surface area contributed by atoms with Gasteiger partial charge in [-0.15, -0.1) is 0 Å². The third-order valence-electron chi connectivity index (χ3n) is 3.91. The molecule has 0 aliphatic carbocycles. The number of anilines is 1. The first kappa shape index (κ1) is 18.9. The molecule has 0 spiro atoms. The Balaban J connectivity index is 1.93. The predicted molar refractivity (Wildman–Crippen MR) is 96.4 cm³/mol.